The van der Waals surface area contributed by atoms with Crippen molar-refractivity contribution in [3.05, 3.63) is 0 Å². The summed E-state index contributed by atoms with van der Waals surface area (Å²) in [6.07, 6.45) is 0.721. The quantitative estimate of drug-likeness (QED) is 0.663. The molecule has 0 aliphatic carbocycles. The average molecular weight is 188 g/mol. The molecule has 0 bridgehead atoms. The molecule has 0 rings (SSSR count). The minimum atomic E-state index is -0.954. The van der Waals surface area contributed by atoms with Crippen LogP contribution >= 0.6 is 0 Å². The predicted molar refractivity (Wildman–Crippen MR) is 47.3 cm³/mol. The number of aliphatic carboxylic acids is 1. The number of carbonyl (C=O) groups is 2. The normalized spacial score (nSPS) is 14.7. The smallest absolute Gasteiger partial charge is 0.312 e. The van der Waals surface area contributed by atoms with Gasteiger partial charge in [0.1, 0.15) is 6.61 Å². The molecule has 4 nitrogen and oxygen atoms in total. The lowest BCUT2D eigenvalue weighted by Gasteiger charge is -2.21. The van der Waals surface area contributed by atoms with Crippen molar-refractivity contribution in [2.24, 2.45) is 5.41 Å². The maximum atomic E-state index is 10.8. The van der Waals surface area contributed by atoms with Gasteiger partial charge < -0.3 is 9.84 Å². The fourth-order valence-electron chi connectivity index (χ4n) is 0.657. The van der Waals surface area contributed by atoms with Gasteiger partial charge in [-0.25, -0.2) is 0 Å². The van der Waals surface area contributed by atoms with E-state index in [9.17, 15) is 9.59 Å². The summed E-state index contributed by atoms with van der Waals surface area (Å²) in [5.41, 5.74) is -0.954. The van der Waals surface area contributed by atoms with Crippen molar-refractivity contribution >= 4 is 11.9 Å². The summed E-state index contributed by atoms with van der Waals surface area (Å²) in [6, 6.07) is 0. The van der Waals surface area contributed by atoms with E-state index >= 15 is 0 Å². The molecule has 0 aromatic carbocycles. The van der Waals surface area contributed by atoms with E-state index in [1.165, 1.54) is 0 Å². The second kappa shape index (κ2) is 4.84. The highest BCUT2D eigenvalue weighted by Crippen LogP contribution is 2.21. The third-order valence-corrected chi connectivity index (χ3v) is 2.14. The van der Waals surface area contributed by atoms with Crippen molar-refractivity contribution in [3.8, 4) is 0 Å². The molecular weight excluding hydrogens is 172 g/mol. The molecule has 76 valence electrons. The number of carboxylic acids is 1. The number of carboxylic acid groups (broad SMARTS) is 1. The van der Waals surface area contributed by atoms with Crippen LogP contribution in [0.3, 0.4) is 0 Å². The predicted octanol–water partition coefficient (Wildman–Crippen LogP) is 1.44. The van der Waals surface area contributed by atoms with Crippen molar-refractivity contribution in [1.29, 1.82) is 0 Å². The second-order valence-electron chi connectivity index (χ2n) is 3.23. The Balaban J connectivity index is 4.13. The molecule has 1 atom stereocenters. The van der Waals surface area contributed by atoms with E-state index < -0.39 is 11.4 Å². The Morgan fingerprint density at radius 3 is 2.23 bits per heavy atom. The number of hydrogen-bond acceptors (Lipinski definition) is 3. The van der Waals surface area contributed by atoms with Crippen molar-refractivity contribution in [2.75, 3.05) is 6.61 Å². The standard InChI is InChI=1S/C9H16O4/c1-4-7(10)13-6-9(3,5-2)8(11)12/h4-6H2,1-3H3,(H,11,12). The lowest BCUT2D eigenvalue weighted by molar-refractivity contribution is -0.158. The monoisotopic (exact) mass is 188 g/mol. The summed E-state index contributed by atoms with van der Waals surface area (Å²) in [6.45, 7) is 4.95. The first-order valence-electron chi connectivity index (χ1n) is 4.35. The van der Waals surface area contributed by atoms with Crippen molar-refractivity contribution in [2.45, 2.75) is 33.6 Å². The van der Waals surface area contributed by atoms with E-state index in [0.29, 0.717) is 6.42 Å². The molecule has 0 fully saturated rings. The van der Waals surface area contributed by atoms with Gasteiger partial charge in [-0.2, -0.15) is 0 Å². The highest BCUT2D eigenvalue weighted by molar-refractivity contribution is 5.75. The molecule has 0 spiro atoms. The van der Waals surface area contributed by atoms with E-state index in [4.69, 9.17) is 9.84 Å². The number of esters is 1. The molecular formula is C9H16O4. The second-order valence-corrected chi connectivity index (χ2v) is 3.23. The van der Waals surface area contributed by atoms with Crippen molar-refractivity contribution in [3.63, 3.8) is 0 Å². The first-order chi connectivity index (χ1) is 5.96. The average Bonchev–Trinajstić information content (AvgIpc) is 2.13. The van der Waals surface area contributed by atoms with Crippen LogP contribution in [0.15, 0.2) is 0 Å². The van der Waals surface area contributed by atoms with E-state index in [2.05, 4.69) is 0 Å². The van der Waals surface area contributed by atoms with Crippen LogP contribution in [-0.2, 0) is 14.3 Å². The van der Waals surface area contributed by atoms with E-state index in [0.717, 1.165) is 0 Å². The largest absolute Gasteiger partial charge is 0.481 e. The summed E-state index contributed by atoms with van der Waals surface area (Å²) in [5.74, 6) is -1.29. The summed E-state index contributed by atoms with van der Waals surface area (Å²) in [7, 11) is 0. The maximum Gasteiger partial charge on any atom is 0.312 e. The van der Waals surface area contributed by atoms with Gasteiger partial charge >= 0.3 is 11.9 Å². The van der Waals surface area contributed by atoms with E-state index in [1.54, 1.807) is 20.8 Å². The van der Waals surface area contributed by atoms with E-state index in [1.807, 2.05) is 0 Å². The Labute approximate surface area is 77.9 Å². The summed E-state index contributed by atoms with van der Waals surface area (Å²) in [5, 5.41) is 8.83. The molecule has 4 heteroatoms. The Kier molecular flexibility index (Phi) is 4.45. The van der Waals surface area contributed by atoms with Crippen LogP contribution in [-0.4, -0.2) is 23.7 Å². The molecule has 0 radical (unpaired) electrons. The van der Waals surface area contributed by atoms with E-state index in [-0.39, 0.29) is 19.0 Å². The topological polar surface area (TPSA) is 63.6 Å². The Morgan fingerprint density at radius 1 is 1.38 bits per heavy atom. The van der Waals surface area contributed by atoms with Crippen molar-refractivity contribution in [1.82, 2.24) is 0 Å². The van der Waals surface area contributed by atoms with Gasteiger partial charge in [-0.1, -0.05) is 13.8 Å². The first-order valence-corrected chi connectivity index (χ1v) is 4.35. The van der Waals surface area contributed by atoms with Crippen LogP contribution in [0.4, 0.5) is 0 Å². The molecule has 1 unspecified atom stereocenters. The number of hydrogen-bond donors (Lipinski definition) is 1. The third-order valence-electron chi connectivity index (χ3n) is 2.14. The summed E-state index contributed by atoms with van der Waals surface area (Å²) in [4.78, 5) is 21.5. The zero-order valence-electron chi connectivity index (χ0n) is 8.29. The molecule has 13 heavy (non-hydrogen) atoms. The SMILES string of the molecule is CCC(=O)OCC(C)(CC)C(=O)O. The molecule has 0 saturated heterocycles. The van der Waals surface area contributed by atoms with Gasteiger partial charge in [0.25, 0.3) is 0 Å². The van der Waals surface area contributed by atoms with Gasteiger partial charge in [0.05, 0.1) is 5.41 Å². The fraction of sp³-hybridized carbons (Fsp3) is 0.778. The molecule has 0 heterocycles. The molecule has 0 aromatic rings. The van der Waals surface area contributed by atoms with Gasteiger partial charge in [-0.3, -0.25) is 9.59 Å². The van der Waals surface area contributed by atoms with Crippen LogP contribution in [0.2, 0.25) is 0 Å². The third kappa shape index (κ3) is 3.44. The molecule has 0 amide bonds. The Hall–Kier alpha value is -1.06. The van der Waals surface area contributed by atoms with Crippen molar-refractivity contribution < 1.29 is 19.4 Å². The number of carbonyl (C=O) groups excluding carboxylic acids is 1. The number of ether oxygens (including phenoxy) is 1. The highest BCUT2D eigenvalue weighted by atomic mass is 16.5. The van der Waals surface area contributed by atoms with Gasteiger partial charge in [0, 0.05) is 6.42 Å². The zero-order chi connectivity index (χ0) is 10.5. The van der Waals surface area contributed by atoms with Crippen LogP contribution < -0.4 is 0 Å². The van der Waals surface area contributed by atoms with Crippen LogP contribution in [0.5, 0.6) is 0 Å². The first kappa shape index (κ1) is 11.9. The highest BCUT2D eigenvalue weighted by Gasteiger charge is 2.32. The van der Waals surface area contributed by atoms with Crippen LogP contribution in [0.1, 0.15) is 33.6 Å². The lowest BCUT2D eigenvalue weighted by Crippen LogP contribution is -2.33. The molecule has 0 aliphatic rings. The Bertz CT molecular complexity index is 200. The van der Waals surface area contributed by atoms with Gasteiger partial charge in [-0.05, 0) is 13.3 Å². The summed E-state index contributed by atoms with van der Waals surface area (Å²) < 4.78 is 4.79. The fourth-order valence-corrected chi connectivity index (χ4v) is 0.657. The van der Waals surface area contributed by atoms with Crippen LogP contribution in [0, 0.1) is 5.41 Å². The van der Waals surface area contributed by atoms with Crippen LogP contribution in [0.25, 0.3) is 0 Å². The Morgan fingerprint density at radius 2 is 1.92 bits per heavy atom. The molecule has 0 saturated carbocycles. The summed E-state index contributed by atoms with van der Waals surface area (Å²) >= 11 is 0. The molecule has 0 aliphatic heterocycles. The maximum absolute atomic E-state index is 10.8. The lowest BCUT2D eigenvalue weighted by atomic mass is 9.89. The zero-order valence-corrected chi connectivity index (χ0v) is 8.29. The van der Waals surface area contributed by atoms with Gasteiger partial charge in [0.2, 0.25) is 0 Å². The number of rotatable bonds is 5. The minimum Gasteiger partial charge on any atom is -0.481 e. The van der Waals surface area contributed by atoms with Gasteiger partial charge in [-0.15, -0.1) is 0 Å². The molecule has 1 N–H and O–H groups in total. The van der Waals surface area contributed by atoms with Gasteiger partial charge in [0.15, 0.2) is 0 Å². The molecule has 0 aromatic heterocycles. The minimum absolute atomic E-state index is 0.0501.